The summed E-state index contributed by atoms with van der Waals surface area (Å²) in [4.78, 5) is 7.39. The fourth-order valence-corrected chi connectivity index (χ4v) is 2.69. The maximum Gasteiger partial charge on any atom is 0.161 e. The Morgan fingerprint density at radius 2 is 1.89 bits per heavy atom. The van der Waals surface area contributed by atoms with Gasteiger partial charge in [0, 0.05) is 18.6 Å². The molecule has 102 valence electrons. The van der Waals surface area contributed by atoms with Crippen molar-refractivity contribution in [1.82, 2.24) is 15.3 Å². The lowest BCUT2D eigenvalue weighted by atomic mass is 9.93. The van der Waals surface area contributed by atoms with Crippen LogP contribution in [0.3, 0.4) is 0 Å². The highest BCUT2D eigenvalue weighted by Crippen LogP contribution is 2.20. The standard InChI is InChI=1S/C14H17F2N3/c15-10-7-12-13(8-11(10)16)19-14(18-12)2-1-9-3-5-17-6-4-9/h7-9,17H,1-6H2,(H,18,19). The van der Waals surface area contributed by atoms with Crippen LogP contribution in [-0.2, 0) is 6.42 Å². The number of fused-ring (bicyclic) bond motifs is 1. The van der Waals surface area contributed by atoms with Gasteiger partial charge in [-0.25, -0.2) is 13.8 Å². The van der Waals surface area contributed by atoms with Gasteiger partial charge in [0.05, 0.1) is 11.0 Å². The smallest absolute Gasteiger partial charge is 0.161 e. The van der Waals surface area contributed by atoms with E-state index < -0.39 is 11.6 Å². The first-order valence-electron chi connectivity index (χ1n) is 6.77. The first-order chi connectivity index (χ1) is 9.22. The Labute approximate surface area is 110 Å². The Kier molecular flexibility index (Phi) is 3.46. The molecule has 1 aliphatic heterocycles. The maximum absolute atomic E-state index is 13.1. The summed E-state index contributed by atoms with van der Waals surface area (Å²) in [5.74, 6) is -0.133. The molecule has 2 N–H and O–H groups in total. The summed E-state index contributed by atoms with van der Waals surface area (Å²) in [5.41, 5.74) is 1.07. The number of hydrogen-bond acceptors (Lipinski definition) is 2. The van der Waals surface area contributed by atoms with Gasteiger partial charge >= 0.3 is 0 Å². The van der Waals surface area contributed by atoms with Gasteiger partial charge in [0.1, 0.15) is 5.82 Å². The number of piperidine rings is 1. The van der Waals surface area contributed by atoms with E-state index in [1.807, 2.05) is 0 Å². The van der Waals surface area contributed by atoms with E-state index in [4.69, 9.17) is 0 Å². The summed E-state index contributed by atoms with van der Waals surface area (Å²) < 4.78 is 26.2. The Bertz CT molecular complexity index is 534. The van der Waals surface area contributed by atoms with Gasteiger partial charge < -0.3 is 10.3 Å². The van der Waals surface area contributed by atoms with E-state index >= 15 is 0 Å². The van der Waals surface area contributed by atoms with Crippen LogP contribution in [0.1, 0.15) is 25.1 Å². The van der Waals surface area contributed by atoms with Crippen molar-refractivity contribution in [3.63, 3.8) is 0 Å². The van der Waals surface area contributed by atoms with Gasteiger partial charge in [-0.1, -0.05) is 0 Å². The molecule has 0 spiro atoms. The second-order valence-corrected chi connectivity index (χ2v) is 5.20. The van der Waals surface area contributed by atoms with Gasteiger partial charge in [0.15, 0.2) is 11.6 Å². The van der Waals surface area contributed by atoms with Crippen molar-refractivity contribution in [1.29, 1.82) is 0 Å². The Hall–Kier alpha value is -1.49. The molecule has 5 heteroatoms. The van der Waals surface area contributed by atoms with Crippen LogP contribution in [0, 0.1) is 17.6 Å². The summed E-state index contributed by atoms with van der Waals surface area (Å²) in [6.07, 6.45) is 4.31. The van der Waals surface area contributed by atoms with Gasteiger partial charge in [-0.15, -0.1) is 0 Å². The van der Waals surface area contributed by atoms with Crippen molar-refractivity contribution >= 4 is 11.0 Å². The van der Waals surface area contributed by atoms with E-state index in [0.29, 0.717) is 11.0 Å². The second-order valence-electron chi connectivity index (χ2n) is 5.20. The van der Waals surface area contributed by atoms with Crippen LogP contribution in [0.2, 0.25) is 0 Å². The molecule has 0 unspecified atom stereocenters. The lowest BCUT2D eigenvalue weighted by Crippen LogP contribution is -2.27. The number of aromatic nitrogens is 2. The van der Waals surface area contributed by atoms with Crippen molar-refractivity contribution in [3.8, 4) is 0 Å². The molecule has 3 rings (SSSR count). The number of benzene rings is 1. The predicted molar refractivity (Wildman–Crippen MR) is 69.9 cm³/mol. The molecule has 1 aromatic carbocycles. The number of hydrogen-bond donors (Lipinski definition) is 2. The van der Waals surface area contributed by atoms with Gasteiger partial charge in [-0.05, 0) is 38.3 Å². The molecule has 0 radical (unpaired) electrons. The zero-order valence-electron chi connectivity index (χ0n) is 10.7. The highest BCUT2D eigenvalue weighted by atomic mass is 19.2. The normalized spacial score (nSPS) is 17.2. The van der Waals surface area contributed by atoms with Gasteiger partial charge in [0.25, 0.3) is 0 Å². The molecule has 3 nitrogen and oxygen atoms in total. The van der Waals surface area contributed by atoms with E-state index in [-0.39, 0.29) is 0 Å². The van der Waals surface area contributed by atoms with Gasteiger partial charge in [-0.2, -0.15) is 0 Å². The summed E-state index contributed by atoms with van der Waals surface area (Å²) in [7, 11) is 0. The minimum absolute atomic E-state index is 0.499. The fraction of sp³-hybridized carbons (Fsp3) is 0.500. The summed E-state index contributed by atoms with van der Waals surface area (Å²) >= 11 is 0. The van der Waals surface area contributed by atoms with E-state index in [1.54, 1.807) is 0 Å². The van der Waals surface area contributed by atoms with Crippen LogP contribution in [-0.4, -0.2) is 23.1 Å². The van der Waals surface area contributed by atoms with Gasteiger partial charge in [-0.3, -0.25) is 0 Å². The van der Waals surface area contributed by atoms with Crippen LogP contribution in [0.5, 0.6) is 0 Å². The predicted octanol–water partition coefficient (Wildman–Crippen LogP) is 2.77. The average Bonchev–Trinajstić information content (AvgIpc) is 2.80. The van der Waals surface area contributed by atoms with Crippen LogP contribution in [0.4, 0.5) is 8.78 Å². The molecule has 1 fully saturated rings. The number of imidazole rings is 1. The van der Waals surface area contributed by atoms with Crippen LogP contribution in [0.15, 0.2) is 12.1 Å². The summed E-state index contributed by atoms with van der Waals surface area (Å²) in [5, 5.41) is 3.34. The van der Waals surface area contributed by atoms with Crippen LogP contribution in [0.25, 0.3) is 11.0 Å². The molecule has 0 aliphatic carbocycles. The zero-order chi connectivity index (χ0) is 13.2. The van der Waals surface area contributed by atoms with E-state index in [0.717, 1.165) is 43.7 Å². The molecule has 1 saturated heterocycles. The number of aromatic amines is 1. The van der Waals surface area contributed by atoms with Gasteiger partial charge in [0.2, 0.25) is 0 Å². The Morgan fingerprint density at radius 3 is 2.68 bits per heavy atom. The maximum atomic E-state index is 13.1. The van der Waals surface area contributed by atoms with E-state index in [2.05, 4.69) is 15.3 Å². The molecule has 1 aromatic heterocycles. The monoisotopic (exact) mass is 265 g/mol. The third-order valence-corrected chi connectivity index (χ3v) is 3.82. The third kappa shape index (κ3) is 2.76. The molecule has 0 bridgehead atoms. The molecule has 2 aromatic rings. The molecule has 1 aliphatic rings. The highest BCUT2D eigenvalue weighted by molar-refractivity contribution is 5.75. The minimum atomic E-state index is -0.844. The first-order valence-corrected chi connectivity index (χ1v) is 6.77. The largest absolute Gasteiger partial charge is 0.342 e. The third-order valence-electron chi connectivity index (χ3n) is 3.82. The number of nitrogens with zero attached hydrogens (tertiary/aromatic N) is 1. The fourth-order valence-electron chi connectivity index (χ4n) is 2.69. The molecule has 0 amide bonds. The van der Waals surface area contributed by atoms with Crippen LogP contribution >= 0.6 is 0 Å². The van der Waals surface area contributed by atoms with Crippen molar-refractivity contribution in [2.45, 2.75) is 25.7 Å². The summed E-state index contributed by atoms with van der Waals surface area (Å²) in [6.45, 7) is 2.17. The average molecular weight is 265 g/mol. The lowest BCUT2D eigenvalue weighted by Gasteiger charge is -2.21. The SMILES string of the molecule is Fc1cc2nc(CCC3CCNCC3)[nH]c2cc1F. The van der Waals surface area contributed by atoms with Crippen molar-refractivity contribution in [2.75, 3.05) is 13.1 Å². The minimum Gasteiger partial charge on any atom is -0.342 e. The molecular weight excluding hydrogens is 248 g/mol. The van der Waals surface area contributed by atoms with Crippen molar-refractivity contribution in [2.24, 2.45) is 5.92 Å². The second kappa shape index (κ2) is 5.25. The number of halogens is 2. The quantitative estimate of drug-likeness (QED) is 0.896. The number of aryl methyl sites for hydroxylation is 1. The van der Waals surface area contributed by atoms with E-state index in [1.165, 1.54) is 18.9 Å². The molecule has 0 atom stereocenters. The Balaban J connectivity index is 1.70. The lowest BCUT2D eigenvalue weighted by molar-refractivity contribution is 0.352. The molecule has 2 heterocycles. The topological polar surface area (TPSA) is 40.7 Å². The van der Waals surface area contributed by atoms with Crippen molar-refractivity contribution < 1.29 is 8.78 Å². The van der Waals surface area contributed by atoms with E-state index in [9.17, 15) is 8.78 Å². The Morgan fingerprint density at radius 1 is 1.16 bits per heavy atom. The highest BCUT2D eigenvalue weighted by Gasteiger charge is 2.14. The van der Waals surface area contributed by atoms with Crippen molar-refractivity contribution in [3.05, 3.63) is 29.6 Å². The molecule has 19 heavy (non-hydrogen) atoms. The number of H-pyrrole nitrogens is 1. The molecule has 0 saturated carbocycles. The van der Waals surface area contributed by atoms with Crippen LogP contribution < -0.4 is 5.32 Å². The number of rotatable bonds is 3. The zero-order valence-corrected chi connectivity index (χ0v) is 10.7. The molecular formula is C14H17F2N3. The number of nitrogens with one attached hydrogen (secondary N) is 2. The summed E-state index contributed by atoms with van der Waals surface area (Å²) in [6, 6.07) is 2.32. The first kappa shape index (κ1) is 12.5.